The number of hydrogen-bond donors (Lipinski definition) is 0. The third-order valence-corrected chi connectivity index (χ3v) is 8.52. The van der Waals surface area contributed by atoms with Crippen molar-refractivity contribution in [2.75, 3.05) is 4.81 Å². The molecule has 1 aromatic heterocycles. The SMILES string of the molecule is Cc1cccc(C)c1B1N(c2c(-c3ccccc3)cccc2-c2ccccc2)c2cccc(C)c2-c2n(C)cc[n+]21. The van der Waals surface area contributed by atoms with Crippen LogP contribution in [-0.2, 0) is 7.05 Å². The molecule has 1 aliphatic heterocycles. The van der Waals surface area contributed by atoms with Crippen molar-refractivity contribution < 1.29 is 4.48 Å². The molecule has 4 heteroatoms. The van der Waals surface area contributed by atoms with Crippen molar-refractivity contribution in [3.63, 3.8) is 0 Å². The molecule has 6 aromatic rings. The van der Waals surface area contributed by atoms with Crippen molar-refractivity contribution in [2.24, 2.45) is 7.05 Å². The molecule has 0 radical (unpaired) electrons. The Morgan fingerprint density at radius 2 is 1.12 bits per heavy atom. The van der Waals surface area contributed by atoms with E-state index in [-0.39, 0.29) is 6.98 Å². The van der Waals surface area contributed by atoms with Crippen molar-refractivity contribution in [3.05, 3.63) is 144 Å². The molecule has 7 rings (SSSR count). The first kappa shape index (κ1) is 25.2. The monoisotopic (exact) mass is 530 g/mol. The van der Waals surface area contributed by atoms with Gasteiger partial charge in [0.05, 0.1) is 12.6 Å². The zero-order chi connectivity index (χ0) is 28.1. The fourth-order valence-corrected chi connectivity index (χ4v) is 6.65. The van der Waals surface area contributed by atoms with Crippen LogP contribution in [0.2, 0.25) is 0 Å². The van der Waals surface area contributed by atoms with Gasteiger partial charge in [0.15, 0.2) is 0 Å². The molecule has 41 heavy (non-hydrogen) atoms. The summed E-state index contributed by atoms with van der Waals surface area (Å²) in [6.07, 6.45) is 4.44. The lowest BCUT2D eigenvalue weighted by molar-refractivity contribution is -0.523. The van der Waals surface area contributed by atoms with Crippen LogP contribution in [0.1, 0.15) is 16.7 Å². The van der Waals surface area contributed by atoms with E-state index in [1.165, 1.54) is 67.2 Å². The first-order chi connectivity index (χ1) is 20.0. The van der Waals surface area contributed by atoms with E-state index >= 15 is 0 Å². The second-order valence-corrected chi connectivity index (χ2v) is 11.1. The highest BCUT2D eigenvalue weighted by Crippen LogP contribution is 2.47. The van der Waals surface area contributed by atoms with Gasteiger partial charge in [-0.05, 0) is 54.7 Å². The highest BCUT2D eigenvalue weighted by molar-refractivity contribution is 6.72. The van der Waals surface area contributed by atoms with Gasteiger partial charge in [-0.3, -0.25) is 4.48 Å². The van der Waals surface area contributed by atoms with Gasteiger partial charge in [-0.1, -0.05) is 109 Å². The molecule has 0 unspecified atom stereocenters. The number of imidazole rings is 1. The smallest absolute Gasteiger partial charge is 0.338 e. The minimum absolute atomic E-state index is 0.0750. The van der Waals surface area contributed by atoms with E-state index in [1.807, 2.05) is 0 Å². The molecule has 0 saturated carbocycles. The summed E-state index contributed by atoms with van der Waals surface area (Å²) in [6.45, 7) is 6.65. The van der Waals surface area contributed by atoms with Gasteiger partial charge in [-0.2, -0.15) is 0 Å². The lowest BCUT2D eigenvalue weighted by Crippen LogP contribution is -2.70. The van der Waals surface area contributed by atoms with Gasteiger partial charge in [-0.25, -0.2) is 4.57 Å². The zero-order valence-electron chi connectivity index (χ0n) is 24.0. The van der Waals surface area contributed by atoms with Gasteiger partial charge in [0.25, 0.3) is 5.82 Å². The van der Waals surface area contributed by atoms with Crippen molar-refractivity contribution in [2.45, 2.75) is 20.8 Å². The maximum Gasteiger partial charge on any atom is 0.542 e. The zero-order valence-corrected chi connectivity index (χ0v) is 24.0. The van der Waals surface area contributed by atoms with Crippen LogP contribution in [0.3, 0.4) is 0 Å². The fourth-order valence-electron chi connectivity index (χ4n) is 6.65. The molecule has 0 atom stereocenters. The van der Waals surface area contributed by atoms with E-state index in [1.54, 1.807) is 0 Å². The number of aryl methyl sites for hydroxylation is 4. The molecule has 0 bridgehead atoms. The Labute approximate surface area is 243 Å². The Morgan fingerprint density at radius 3 is 1.73 bits per heavy atom. The first-order valence-corrected chi connectivity index (χ1v) is 14.3. The molecule has 0 saturated heterocycles. The standard InChI is InChI=1S/C37H33BN3/c1-26-14-12-23-33-34(26)37-39(4)24-25-40(37)38(35-27(2)15-11-16-28(35)3)41(33)36-31(29-17-7-5-8-18-29)21-13-22-32(36)30-19-9-6-10-20-30/h5-25H,1-4H3/q+1. The van der Waals surface area contributed by atoms with Crippen molar-refractivity contribution in [1.29, 1.82) is 0 Å². The maximum atomic E-state index is 2.61. The van der Waals surface area contributed by atoms with Gasteiger partial charge in [0, 0.05) is 28.0 Å². The molecule has 5 aromatic carbocycles. The molecule has 0 N–H and O–H groups in total. The lowest BCUT2D eigenvalue weighted by Gasteiger charge is -2.38. The Kier molecular flexibility index (Phi) is 6.12. The van der Waals surface area contributed by atoms with Gasteiger partial charge < -0.3 is 4.81 Å². The van der Waals surface area contributed by atoms with Gasteiger partial charge >= 0.3 is 6.98 Å². The minimum Gasteiger partial charge on any atom is -0.338 e. The molecule has 1 aliphatic rings. The summed E-state index contributed by atoms with van der Waals surface area (Å²) >= 11 is 0. The van der Waals surface area contributed by atoms with E-state index in [2.05, 4.69) is 169 Å². The van der Waals surface area contributed by atoms with E-state index < -0.39 is 0 Å². The number of benzene rings is 5. The van der Waals surface area contributed by atoms with Gasteiger partial charge in [-0.15, -0.1) is 0 Å². The van der Waals surface area contributed by atoms with Crippen LogP contribution in [0.4, 0.5) is 11.4 Å². The molecular weight excluding hydrogens is 497 g/mol. The number of hydrogen-bond acceptors (Lipinski definition) is 1. The minimum atomic E-state index is -0.0750. The molecule has 0 fully saturated rings. The Bertz CT molecular complexity index is 1810. The second kappa shape index (κ2) is 9.98. The molecule has 0 amide bonds. The summed E-state index contributed by atoms with van der Waals surface area (Å²) < 4.78 is 4.74. The molecule has 198 valence electrons. The number of aromatic nitrogens is 2. The lowest BCUT2D eigenvalue weighted by atomic mass is 9.59. The Balaban J connectivity index is 1.65. The summed E-state index contributed by atoms with van der Waals surface area (Å²) in [5.74, 6) is 1.22. The Hall–Kier alpha value is -4.83. The van der Waals surface area contributed by atoms with E-state index in [9.17, 15) is 0 Å². The third-order valence-electron chi connectivity index (χ3n) is 8.52. The molecule has 3 nitrogen and oxygen atoms in total. The molecule has 0 aliphatic carbocycles. The second-order valence-electron chi connectivity index (χ2n) is 11.1. The topological polar surface area (TPSA) is 12.1 Å². The molecule has 2 heterocycles. The normalized spacial score (nSPS) is 12.3. The number of nitrogens with zero attached hydrogens (tertiary/aromatic N) is 3. The average molecular weight is 531 g/mol. The highest BCUT2D eigenvalue weighted by atomic mass is 15.2. The van der Waals surface area contributed by atoms with Crippen molar-refractivity contribution in [3.8, 4) is 33.6 Å². The van der Waals surface area contributed by atoms with Crippen LogP contribution in [0.25, 0.3) is 33.6 Å². The van der Waals surface area contributed by atoms with Crippen molar-refractivity contribution in [1.82, 2.24) is 4.57 Å². The molecular formula is C37H33BN3+. The number of anilines is 2. The summed E-state index contributed by atoms with van der Waals surface area (Å²) in [7, 11) is 2.16. The van der Waals surface area contributed by atoms with Crippen LogP contribution in [0.5, 0.6) is 0 Å². The first-order valence-electron chi connectivity index (χ1n) is 14.3. The van der Waals surface area contributed by atoms with Crippen LogP contribution in [0, 0.1) is 20.8 Å². The highest BCUT2D eigenvalue weighted by Gasteiger charge is 2.48. The largest absolute Gasteiger partial charge is 0.542 e. The Morgan fingerprint density at radius 1 is 0.585 bits per heavy atom. The maximum absolute atomic E-state index is 2.61. The third kappa shape index (κ3) is 4.02. The predicted octanol–water partition coefficient (Wildman–Crippen LogP) is 7.63. The van der Waals surface area contributed by atoms with Crippen LogP contribution in [-0.4, -0.2) is 11.5 Å². The van der Waals surface area contributed by atoms with Gasteiger partial charge in [0.2, 0.25) is 0 Å². The van der Waals surface area contributed by atoms with Crippen LogP contribution >= 0.6 is 0 Å². The van der Waals surface area contributed by atoms with Crippen LogP contribution in [0.15, 0.2) is 128 Å². The summed E-state index contributed by atoms with van der Waals surface area (Å²) in [5.41, 5.74) is 13.7. The number of fused-ring (bicyclic) bond motifs is 3. The van der Waals surface area contributed by atoms with E-state index in [4.69, 9.17) is 0 Å². The summed E-state index contributed by atoms with van der Waals surface area (Å²) in [4.78, 5) is 2.61. The fraction of sp³-hybridized carbons (Fsp3) is 0.108. The quantitative estimate of drug-likeness (QED) is 0.214. The predicted molar refractivity (Wildman–Crippen MR) is 172 cm³/mol. The molecule has 0 spiro atoms. The van der Waals surface area contributed by atoms with Crippen molar-refractivity contribution >= 4 is 23.8 Å². The summed E-state index contributed by atoms with van der Waals surface area (Å²) in [6, 6.07) is 41.8. The number of para-hydroxylation sites is 1. The van der Waals surface area contributed by atoms with E-state index in [0.29, 0.717) is 0 Å². The van der Waals surface area contributed by atoms with Gasteiger partial charge in [0.1, 0.15) is 12.4 Å². The van der Waals surface area contributed by atoms with E-state index in [0.717, 1.165) is 0 Å². The summed E-state index contributed by atoms with van der Waals surface area (Å²) in [5, 5.41) is 0. The van der Waals surface area contributed by atoms with Crippen LogP contribution < -0.4 is 14.8 Å². The average Bonchev–Trinajstić information content (AvgIpc) is 3.38. The number of rotatable bonds is 4.